The van der Waals surface area contributed by atoms with Gasteiger partial charge in [0.2, 0.25) is 0 Å². The summed E-state index contributed by atoms with van der Waals surface area (Å²) in [6.07, 6.45) is 1.77. The number of pyridine rings is 1. The molecule has 27 heavy (non-hydrogen) atoms. The fourth-order valence-electron chi connectivity index (χ4n) is 3.22. The Kier molecular flexibility index (Phi) is 5.15. The van der Waals surface area contributed by atoms with E-state index in [1.807, 2.05) is 6.07 Å². The van der Waals surface area contributed by atoms with E-state index in [-0.39, 0.29) is 0 Å². The summed E-state index contributed by atoms with van der Waals surface area (Å²) in [6, 6.07) is 11.7. The van der Waals surface area contributed by atoms with E-state index in [2.05, 4.69) is 49.6 Å². The third-order valence-electron chi connectivity index (χ3n) is 4.66. The quantitative estimate of drug-likeness (QED) is 0.633. The lowest BCUT2D eigenvalue weighted by Crippen LogP contribution is -2.51. The molecule has 1 N–H and O–H groups in total. The first kappa shape index (κ1) is 17.7. The monoisotopic (exact) mass is 385 g/mol. The van der Waals surface area contributed by atoms with Gasteiger partial charge in [0.15, 0.2) is 5.11 Å². The molecule has 0 spiro atoms. The van der Waals surface area contributed by atoms with E-state index in [4.69, 9.17) is 17.0 Å². The lowest BCUT2D eigenvalue weighted by Gasteiger charge is -2.37. The number of hydrogen-bond acceptors (Lipinski definition) is 5. The molecule has 140 valence electrons. The van der Waals surface area contributed by atoms with Crippen LogP contribution in [0.1, 0.15) is 12.1 Å². The molecule has 1 saturated heterocycles. The number of hydrazone groups is 1. The molecular formula is C19H20FN5OS. The number of fused-ring (bicyclic) bond motifs is 1. The topological polar surface area (TPSA) is 53.0 Å². The summed E-state index contributed by atoms with van der Waals surface area (Å²) in [5.74, 6) is -0.000962. The van der Waals surface area contributed by atoms with E-state index in [9.17, 15) is 4.39 Å². The van der Waals surface area contributed by atoms with Crippen molar-refractivity contribution in [2.75, 3.05) is 37.7 Å². The predicted molar refractivity (Wildman–Crippen MR) is 107 cm³/mol. The van der Waals surface area contributed by atoms with Crippen LogP contribution in [0, 0.1) is 5.82 Å². The summed E-state index contributed by atoms with van der Waals surface area (Å²) in [7, 11) is 0. The van der Waals surface area contributed by atoms with Gasteiger partial charge in [0, 0.05) is 44.4 Å². The molecule has 2 aromatic rings. The van der Waals surface area contributed by atoms with E-state index < -0.39 is 5.82 Å². The van der Waals surface area contributed by atoms with Crippen LogP contribution in [0.3, 0.4) is 0 Å². The largest absolute Gasteiger partial charge is 0.491 e. The second-order valence-corrected chi connectivity index (χ2v) is 6.77. The van der Waals surface area contributed by atoms with E-state index in [1.165, 1.54) is 18.0 Å². The van der Waals surface area contributed by atoms with Gasteiger partial charge in [0.05, 0.1) is 18.5 Å². The molecule has 4 rings (SSSR count). The molecule has 0 atom stereocenters. The molecule has 1 aromatic heterocycles. The van der Waals surface area contributed by atoms with Gasteiger partial charge in [-0.25, -0.2) is 9.37 Å². The number of piperazine rings is 1. The van der Waals surface area contributed by atoms with Crippen molar-refractivity contribution in [3.63, 3.8) is 0 Å². The van der Waals surface area contributed by atoms with Gasteiger partial charge in [-0.3, -0.25) is 5.43 Å². The van der Waals surface area contributed by atoms with Gasteiger partial charge in [-0.05, 0) is 24.4 Å². The highest BCUT2D eigenvalue weighted by Crippen LogP contribution is 2.23. The maximum absolute atomic E-state index is 13.3. The Balaban J connectivity index is 1.36. The Morgan fingerprint density at radius 3 is 2.74 bits per heavy atom. The molecule has 2 aliphatic heterocycles. The number of benzene rings is 1. The van der Waals surface area contributed by atoms with Crippen LogP contribution in [0.25, 0.3) is 0 Å². The number of ether oxygens (including phenoxy) is 1. The molecule has 0 saturated carbocycles. The van der Waals surface area contributed by atoms with Crippen molar-refractivity contribution in [2.24, 2.45) is 5.10 Å². The second kappa shape index (κ2) is 7.87. The van der Waals surface area contributed by atoms with Crippen molar-refractivity contribution >= 4 is 28.7 Å². The van der Waals surface area contributed by atoms with Crippen LogP contribution >= 0.6 is 12.2 Å². The van der Waals surface area contributed by atoms with Gasteiger partial charge in [-0.15, -0.1) is 0 Å². The Morgan fingerprint density at radius 1 is 1.19 bits per heavy atom. The van der Waals surface area contributed by atoms with Crippen molar-refractivity contribution in [3.8, 4) is 5.75 Å². The number of nitrogens with zero attached hydrogens (tertiary/aromatic N) is 4. The van der Waals surface area contributed by atoms with Crippen LogP contribution in [0.4, 0.5) is 10.1 Å². The van der Waals surface area contributed by atoms with Crippen LogP contribution in [-0.4, -0.2) is 53.5 Å². The zero-order valence-corrected chi connectivity index (χ0v) is 15.6. The zero-order chi connectivity index (χ0) is 18.6. The van der Waals surface area contributed by atoms with Gasteiger partial charge < -0.3 is 14.5 Å². The number of aromatic nitrogens is 1. The van der Waals surface area contributed by atoms with Crippen molar-refractivity contribution in [2.45, 2.75) is 6.42 Å². The number of nitrogens with one attached hydrogen (secondary N) is 1. The summed E-state index contributed by atoms with van der Waals surface area (Å²) in [5.41, 5.74) is 5.49. The molecule has 1 fully saturated rings. The van der Waals surface area contributed by atoms with Crippen molar-refractivity contribution < 1.29 is 9.13 Å². The third kappa shape index (κ3) is 4.00. The van der Waals surface area contributed by atoms with Gasteiger partial charge in [0.1, 0.15) is 17.3 Å². The average molecular weight is 385 g/mol. The molecule has 0 radical (unpaired) electrons. The second-order valence-electron chi connectivity index (χ2n) is 6.38. The molecule has 2 aliphatic rings. The van der Waals surface area contributed by atoms with Crippen molar-refractivity contribution in [1.29, 1.82) is 0 Å². The minimum atomic E-state index is -0.422. The summed E-state index contributed by atoms with van der Waals surface area (Å²) in [6.45, 7) is 3.91. The Labute approximate surface area is 162 Å². The minimum absolute atomic E-state index is 0.421. The van der Waals surface area contributed by atoms with E-state index in [0.29, 0.717) is 29.6 Å². The number of halogens is 1. The Hall–Kier alpha value is -2.74. The number of rotatable bonds is 2. The first-order valence-corrected chi connectivity index (χ1v) is 9.32. The molecule has 0 unspecified atom stereocenters. The Bertz CT molecular complexity index is 852. The highest BCUT2D eigenvalue weighted by atomic mass is 32.1. The third-order valence-corrected chi connectivity index (χ3v) is 5.01. The van der Waals surface area contributed by atoms with Crippen LogP contribution < -0.4 is 15.1 Å². The molecule has 0 amide bonds. The maximum Gasteiger partial charge on any atom is 0.189 e. The molecule has 0 bridgehead atoms. The first-order chi connectivity index (χ1) is 13.2. The lowest BCUT2D eigenvalue weighted by atomic mass is 10.1. The zero-order valence-electron chi connectivity index (χ0n) is 14.8. The Morgan fingerprint density at radius 2 is 1.96 bits per heavy atom. The van der Waals surface area contributed by atoms with E-state index in [1.54, 1.807) is 0 Å². The SMILES string of the molecule is Fc1cnc2c(c1)OCC/C2=N/NC(=S)N1CCN(c2ccccc2)CC1. The normalized spacial score (nSPS) is 18.0. The smallest absolute Gasteiger partial charge is 0.189 e. The predicted octanol–water partition coefficient (Wildman–Crippen LogP) is 2.40. The molecular weight excluding hydrogens is 365 g/mol. The van der Waals surface area contributed by atoms with Crippen LogP contribution in [0.15, 0.2) is 47.7 Å². The number of thiocarbonyl (C=S) groups is 1. The number of para-hydroxylation sites is 1. The van der Waals surface area contributed by atoms with E-state index in [0.717, 1.165) is 31.9 Å². The van der Waals surface area contributed by atoms with E-state index >= 15 is 0 Å². The van der Waals surface area contributed by atoms with Crippen molar-refractivity contribution in [1.82, 2.24) is 15.3 Å². The molecule has 3 heterocycles. The fraction of sp³-hybridized carbons (Fsp3) is 0.316. The highest BCUT2D eigenvalue weighted by molar-refractivity contribution is 7.80. The van der Waals surface area contributed by atoms with Crippen LogP contribution in [0.2, 0.25) is 0 Å². The fourth-order valence-corrected chi connectivity index (χ4v) is 3.45. The standard InChI is InChI=1S/C19H20FN5OS/c20-14-12-17-18(21-13-14)16(6-11-26-17)22-23-19(27)25-9-7-24(8-10-25)15-4-2-1-3-5-15/h1-5,12-13H,6-11H2,(H,23,27)/b22-16-. The molecule has 0 aliphatic carbocycles. The van der Waals surface area contributed by atoms with Gasteiger partial charge >= 0.3 is 0 Å². The van der Waals surface area contributed by atoms with Gasteiger partial charge in [-0.2, -0.15) is 5.10 Å². The highest BCUT2D eigenvalue weighted by Gasteiger charge is 2.21. The summed E-state index contributed by atoms with van der Waals surface area (Å²) >= 11 is 5.49. The average Bonchev–Trinajstić information content (AvgIpc) is 2.72. The number of hydrogen-bond donors (Lipinski definition) is 1. The van der Waals surface area contributed by atoms with Crippen molar-refractivity contribution in [3.05, 3.63) is 54.1 Å². The van der Waals surface area contributed by atoms with Crippen LogP contribution in [-0.2, 0) is 0 Å². The summed E-state index contributed by atoms with van der Waals surface area (Å²) in [5, 5.41) is 5.00. The minimum Gasteiger partial charge on any atom is -0.491 e. The number of anilines is 1. The summed E-state index contributed by atoms with van der Waals surface area (Å²) in [4.78, 5) is 8.55. The van der Waals surface area contributed by atoms with Crippen LogP contribution in [0.5, 0.6) is 5.75 Å². The maximum atomic E-state index is 13.3. The lowest BCUT2D eigenvalue weighted by molar-refractivity contribution is 0.316. The first-order valence-electron chi connectivity index (χ1n) is 8.91. The summed E-state index contributed by atoms with van der Waals surface area (Å²) < 4.78 is 18.8. The van der Waals surface area contributed by atoms with Gasteiger partial charge in [-0.1, -0.05) is 18.2 Å². The molecule has 8 heteroatoms. The molecule has 6 nitrogen and oxygen atoms in total. The molecule has 1 aromatic carbocycles. The van der Waals surface area contributed by atoms with Gasteiger partial charge in [0.25, 0.3) is 0 Å².